The van der Waals surface area contributed by atoms with Crippen LogP contribution in [0, 0.1) is 11.3 Å². The van der Waals surface area contributed by atoms with Crippen LogP contribution in [0.25, 0.3) is 0 Å². The van der Waals surface area contributed by atoms with Gasteiger partial charge in [0.2, 0.25) is 10.0 Å². The van der Waals surface area contributed by atoms with Gasteiger partial charge in [-0.25, -0.2) is 18.1 Å². The van der Waals surface area contributed by atoms with Gasteiger partial charge in [-0.1, -0.05) is 12.8 Å². The minimum atomic E-state index is -3.83. The van der Waals surface area contributed by atoms with Crippen molar-refractivity contribution in [3.05, 3.63) is 24.0 Å². The number of hydrogen-bond acceptors (Lipinski definition) is 5. The molecule has 0 amide bonds. The highest BCUT2D eigenvalue weighted by atomic mass is 32.2. The van der Waals surface area contributed by atoms with Crippen molar-refractivity contribution in [3.63, 3.8) is 0 Å². The Balaban J connectivity index is 2.25. The van der Waals surface area contributed by atoms with E-state index < -0.39 is 22.2 Å². The average molecular weight is 281 g/mol. The highest BCUT2D eigenvalue weighted by molar-refractivity contribution is 7.89. The molecule has 0 aliphatic heterocycles. The molecule has 1 aliphatic rings. The molecule has 2 rings (SSSR count). The molecule has 2 N–H and O–H groups in total. The fourth-order valence-corrected chi connectivity index (χ4v) is 3.61. The number of hydrogen-bond donors (Lipinski definition) is 2. The molecule has 102 valence electrons. The number of nitrogens with one attached hydrogen (secondary N) is 1. The van der Waals surface area contributed by atoms with E-state index in [9.17, 15) is 13.5 Å². The number of rotatable bonds is 3. The van der Waals surface area contributed by atoms with E-state index in [4.69, 9.17) is 5.26 Å². The predicted molar refractivity (Wildman–Crippen MR) is 67.5 cm³/mol. The number of nitriles is 1. The Hall–Kier alpha value is -1.49. The van der Waals surface area contributed by atoms with E-state index in [1.807, 2.05) is 0 Å². The molecule has 0 spiro atoms. The maximum atomic E-state index is 12.2. The van der Waals surface area contributed by atoms with Gasteiger partial charge in [0.15, 0.2) is 5.69 Å². The van der Waals surface area contributed by atoms with Crippen molar-refractivity contribution in [1.29, 1.82) is 5.26 Å². The monoisotopic (exact) mass is 281 g/mol. The molecule has 1 fully saturated rings. The molecule has 1 aromatic heterocycles. The summed E-state index contributed by atoms with van der Waals surface area (Å²) in [6, 6.07) is 4.06. The molecular formula is C12H15N3O3S. The minimum Gasteiger partial charge on any atom is -0.391 e. The van der Waals surface area contributed by atoms with E-state index in [1.165, 1.54) is 18.3 Å². The first-order chi connectivity index (χ1) is 9.04. The summed E-state index contributed by atoms with van der Waals surface area (Å²) in [5, 5.41) is 18.7. The Morgan fingerprint density at radius 2 is 2.16 bits per heavy atom. The molecule has 0 unspecified atom stereocenters. The maximum Gasteiger partial charge on any atom is 0.243 e. The molecule has 1 aliphatic carbocycles. The molecule has 2 atom stereocenters. The van der Waals surface area contributed by atoms with E-state index in [0.717, 1.165) is 12.8 Å². The smallest absolute Gasteiger partial charge is 0.243 e. The van der Waals surface area contributed by atoms with Gasteiger partial charge in [-0.15, -0.1) is 0 Å². The van der Waals surface area contributed by atoms with Crippen LogP contribution >= 0.6 is 0 Å². The second kappa shape index (κ2) is 5.65. The molecule has 1 aromatic rings. The lowest BCUT2D eigenvalue weighted by molar-refractivity contribution is 0.101. The first-order valence-electron chi connectivity index (χ1n) is 6.10. The van der Waals surface area contributed by atoms with E-state index >= 15 is 0 Å². The van der Waals surface area contributed by atoms with Crippen molar-refractivity contribution in [2.24, 2.45) is 0 Å². The molecule has 0 aromatic carbocycles. The lowest BCUT2D eigenvalue weighted by Gasteiger charge is -2.28. The third-order valence-corrected chi connectivity index (χ3v) is 4.72. The molecule has 6 nitrogen and oxygen atoms in total. The summed E-state index contributed by atoms with van der Waals surface area (Å²) < 4.78 is 26.9. The Morgan fingerprint density at radius 1 is 1.42 bits per heavy atom. The standard InChI is InChI=1S/C12H15N3O3S/c13-8-10-12(6-3-7-14-10)19(17,18)15-9-4-1-2-5-11(9)16/h3,6-7,9,11,15-16H,1-2,4-5H2/t9-,11-/m0/s1. The van der Waals surface area contributed by atoms with E-state index in [1.54, 1.807) is 6.07 Å². The van der Waals surface area contributed by atoms with E-state index in [2.05, 4.69) is 9.71 Å². The van der Waals surface area contributed by atoms with Gasteiger partial charge in [0.05, 0.1) is 6.10 Å². The normalized spacial score (nSPS) is 23.8. The van der Waals surface area contributed by atoms with Crippen LogP contribution in [0.1, 0.15) is 31.4 Å². The lowest BCUT2D eigenvalue weighted by Crippen LogP contribution is -2.45. The zero-order valence-electron chi connectivity index (χ0n) is 10.3. The van der Waals surface area contributed by atoms with Crippen molar-refractivity contribution in [1.82, 2.24) is 9.71 Å². The number of nitrogens with zero attached hydrogens (tertiary/aromatic N) is 2. The summed E-state index contributed by atoms with van der Waals surface area (Å²) in [5.74, 6) is 0. The first kappa shape index (κ1) is 13.9. The van der Waals surface area contributed by atoms with E-state index in [0.29, 0.717) is 12.8 Å². The summed E-state index contributed by atoms with van der Waals surface area (Å²) in [5.41, 5.74) is -0.139. The zero-order valence-corrected chi connectivity index (χ0v) is 11.1. The number of aliphatic hydroxyl groups excluding tert-OH is 1. The van der Waals surface area contributed by atoms with Gasteiger partial charge in [0.1, 0.15) is 11.0 Å². The maximum absolute atomic E-state index is 12.2. The molecule has 7 heteroatoms. The molecule has 0 radical (unpaired) electrons. The van der Waals surface area contributed by atoms with Crippen LogP contribution in [-0.2, 0) is 10.0 Å². The van der Waals surface area contributed by atoms with Gasteiger partial charge in [-0.05, 0) is 25.0 Å². The van der Waals surface area contributed by atoms with Gasteiger partial charge in [0, 0.05) is 12.2 Å². The molecule has 0 bridgehead atoms. The van der Waals surface area contributed by atoms with Crippen LogP contribution in [0.2, 0.25) is 0 Å². The second-order valence-corrected chi connectivity index (χ2v) is 6.22. The summed E-state index contributed by atoms with van der Waals surface area (Å²) in [6.45, 7) is 0. The van der Waals surface area contributed by atoms with Crippen molar-refractivity contribution >= 4 is 10.0 Å². The van der Waals surface area contributed by atoms with Gasteiger partial charge < -0.3 is 5.11 Å². The van der Waals surface area contributed by atoms with Gasteiger partial charge in [0.25, 0.3) is 0 Å². The Bertz CT molecular complexity index is 594. The second-order valence-electron chi connectivity index (χ2n) is 4.54. The number of pyridine rings is 1. The number of aliphatic hydroxyl groups is 1. The Kier molecular flexibility index (Phi) is 4.14. The van der Waals surface area contributed by atoms with Gasteiger partial charge >= 0.3 is 0 Å². The zero-order chi connectivity index (χ0) is 13.9. The topological polar surface area (TPSA) is 103 Å². The van der Waals surface area contributed by atoms with Crippen LogP contribution in [0.4, 0.5) is 0 Å². The Morgan fingerprint density at radius 3 is 2.84 bits per heavy atom. The lowest BCUT2D eigenvalue weighted by atomic mass is 9.93. The van der Waals surface area contributed by atoms with E-state index in [-0.39, 0.29) is 10.6 Å². The van der Waals surface area contributed by atoms with Crippen molar-refractivity contribution < 1.29 is 13.5 Å². The van der Waals surface area contributed by atoms with Gasteiger partial charge in [-0.3, -0.25) is 0 Å². The van der Waals surface area contributed by atoms with Crippen molar-refractivity contribution in [2.75, 3.05) is 0 Å². The SMILES string of the molecule is N#Cc1ncccc1S(=O)(=O)N[C@H]1CCCC[C@@H]1O. The van der Waals surface area contributed by atoms with Crippen LogP contribution < -0.4 is 4.72 Å². The first-order valence-corrected chi connectivity index (χ1v) is 7.58. The van der Waals surface area contributed by atoms with Crippen LogP contribution in [0.5, 0.6) is 0 Å². The summed E-state index contributed by atoms with van der Waals surface area (Å²) >= 11 is 0. The molecule has 1 heterocycles. The summed E-state index contributed by atoms with van der Waals surface area (Å²) in [7, 11) is -3.83. The average Bonchev–Trinajstić information content (AvgIpc) is 2.41. The highest BCUT2D eigenvalue weighted by Crippen LogP contribution is 2.21. The fraction of sp³-hybridized carbons (Fsp3) is 0.500. The molecule has 19 heavy (non-hydrogen) atoms. The number of aromatic nitrogens is 1. The third kappa shape index (κ3) is 3.10. The molecular weight excluding hydrogens is 266 g/mol. The van der Waals surface area contributed by atoms with Crippen molar-refractivity contribution in [3.8, 4) is 6.07 Å². The van der Waals surface area contributed by atoms with Gasteiger partial charge in [-0.2, -0.15) is 5.26 Å². The van der Waals surface area contributed by atoms with Crippen LogP contribution in [0.3, 0.4) is 0 Å². The minimum absolute atomic E-state index is 0.139. The van der Waals surface area contributed by atoms with Crippen molar-refractivity contribution in [2.45, 2.75) is 42.7 Å². The summed E-state index contributed by atoms with van der Waals surface area (Å²) in [6.07, 6.45) is 3.66. The summed E-state index contributed by atoms with van der Waals surface area (Å²) in [4.78, 5) is 3.59. The largest absolute Gasteiger partial charge is 0.391 e. The van der Waals surface area contributed by atoms with Crippen LogP contribution in [0.15, 0.2) is 23.2 Å². The number of sulfonamides is 1. The third-order valence-electron chi connectivity index (χ3n) is 3.20. The predicted octanol–water partition coefficient (Wildman–Crippen LogP) is 0.535. The highest BCUT2D eigenvalue weighted by Gasteiger charge is 2.29. The Labute approximate surface area is 112 Å². The van der Waals surface area contributed by atoms with Crippen LogP contribution in [-0.4, -0.2) is 30.7 Å². The fourth-order valence-electron chi connectivity index (χ4n) is 2.20. The molecule has 0 saturated heterocycles. The quantitative estimate of drug-likeness (QED) is 0.841. The molecule has 1 saturated carbocycles.